The fraction of sp³-hybridized carbons (Fsp3) is 0.529. The molecule has 1 aliphatic heterocycles. The number of nitrogens with one attached hydrogen (secondary N) is 1. The first kappa shape index (κ1) is 18.5. The molecule has 2 rings (SSSR count). The van der Waals surface area contributed by atoms with Crippen LogP contribution in [0.2, 0.25) is 0 Å². The summed E-state index contributed by atoms with van der Waals surface area (Å²) in [5.74, 6) is -0.318. The topological polar surface area (TPSA) is 67.9 Å². The molecule has 0 bridgehead atoms. The Hall–Kier alpha value is -1.86. The summed E-state index contributed by atoms with van der Waals surface area (Å²) in [7, 11) is 2.73. The van der Waals surface area contributed by atoms with Crippen LogP contribution in [-0.4, -0.2) is 49.1 Å². The van der Waals surface area contributed by atoms with Gasteiger partial charge in [0, 0.05) is 37.7 Å². The van der Waals surface area contributed by atoms with Crippen LogP contribution in [0.4, 0.5) is 5.69 Å². The van der Waals surface area contributed by atoms with Crippen LogP contribution < -0.4 is 10.8 Å². The molecular weight excluding hydrogens is 307 g/mol. The minimum Gasteiger partial charge on any atom is -0.399 e. The van der Waals surface area contributed by atoms with Crippen LogP contribution in [0.15, 0.2) is 18.2 Å². The van der Waals surface area contributed by atoms with Gasteiger partial charge in [-0.25, -0.2) is 0 Å². The Morgan fingerprint density at radius 3 is 2.08 bits per heavy atom. The molecule has 2 amide bonds. The van der Waals surface area contributed by atoms with Crippen molar-refractivity contribution in [2.24, 2.45) is 0 Å². The molecular formula is C17H25BN2O4. The molecule has 1 saturated heterocycles. The quantitative estimate of drug-likeness (QED) is 0.855. The number of amides is 2. The molecule has 0 atom stereocenters. The smallest absolute Gasteiger partial charge is 0.399 e. The van der Waals surface area contributed by atoms with Gasteiger partial charge < -0.3 is 19.5 Å². The largest absolute Gasteiger partial charge is 0.497 e. The van der Waals surface area contributed by atoms with E-state index in [2.05, 4.69) is 5.32 Å². The van der Waals surface area contributed by atoms with Crippen molar-refractivity contribution in [2.45, 2.75) is 45.8 Å². The molecule has 0 aromatic heterocycles. The third-order valence-electron chi connectivity index (χ3n) is 4.52. The van der Waals surface area contributed by atoms with E-state index < -0.39 is 18.3 Å². The third-order valence-corrected chi connectivity index (χ3v) is 4.52. The van der Waals surface area contributed by atoms with Crippen molar-refractivity contribution in [2.75, 3.05) is 19.4 Å². The molecule has 1 aromatic rings. The van der Waals surface area contributed by atoms with E-state index in [0.717, 1.165) is 0 Å². The summed E-state index contributed by atoms with van der Waals surface area (Å²) in [6.45, 7) is 9.27. The predicted octanol–water partition coefficient (Wildman–Crippen LogP) is 1.65. The van der Waals surface area contributed by atoms with Crippen LogP contribution in [0.3, 0.4) is 0 Å². The lowest BCUT2D eigenvalue weighted by Gasteiger charge is -2.32. The summed E-state index contributed by atoms with van der Waals surface area (Å²) >= 11 is 0. The van der Waals surface area contributed by atoms with E-state index in [0.29, 0.717) is 16.7 Å². The molecule has 0 saturated carbocycles. The van der Waals surface area contributed by atoms with Crippen molar-refractivity contribution in [1.29, 1.82) is 0 Å². The number of nitrogens with zero attached hydrogens (tertiary/aromatic N) is 1. The first-order valence-corrected chi connectivity index (χ1v) is 7.93. The number of rotatable bonds is 3. The van der Waals surface area contributed by atoms with E-state index in [1.54, 1.807) is 32.3 Å². The Morgan fingerprint density at radius 1 is 1.08 bits per heavy atom. The van der Waals surface area contributed by atoms with Gasteiger partial charge in [0.1, 0.15) is 0 Å². The number of hydrogen-bond donors (Lipinski definition) is 1. The molecule has 1 aromatic carbocycles. The van der Waals surface area contributed by atoms with Crippen LogP contribution in [0.25, 0.3) is 0 Å². The lowest BCUT2D eigenvalue weighted by atomic mass is 9.76. The van der Waals surface area contributed by atoms with Crippen LogP contribution >= 0.6 is 0 Å². The minimum atomic E-state index is -0.660. The molecule has 24 heavy (non-hydrogen) atoms. The van der Waals surface area contributed by atoms with Gasteiger partial charge in [-0.2, -0.15) is 0 Å². The minimum absolute atomic E-state index is 0.123. The van der Waals surface area contributed by atoms with Crippen LogP contribution in [0, 0.1) is 0 Å². The van der Waals surface area contributed by atoms with E-state index in [4.69, 9.17) is 9.31 Å². The zero-order valence-corrected chi connectivity index (χ0v) is 15.4. The van der Waals surface area contributed by atoms with Crippen LogP contribution in [0.5, 0.6) is 0 Å². The highest BCUT2D eigenvalue weighted by Crippen LogP contribution is 2.37. The maximum absolute atomic E-state index is 12.3. The Balaban J connectivity index is 2.47. The molecule has 7 heteroatoms. The summed E-state index contributed by atoms with van der Waals surface area (Å²) in [4.78, 5) is 25.3. The summed E-state index contributed by atoms with van der Waals surface area (Å²) in [6.07, 6.45) is 0. The van der Waals surface area contributed by atoms with Gasteiger partial charge in [0.25, 0.3) is 5.91 Å². The molecule has 130 valence electrons. The number of carbonyl (C=O) groups is 2. The molecule has 1 heterocycles. The molecule has 1 fully saturated rings. The van der Waals surface area contributed by atoms with Crippen LogP contribution in [-0.2, 0) is 14.1 Å². The highest BCUT2D eigenvalue weighted by Gasteiger charge is 2.52. The average molecular weight is 332 g/mol. The molecule has 1 aliphatic rings. The SMILES string of the molecule is CC(=O)Nc1ccc(C(=O)N(C)C)cc1B1OC(C)(C)C(C)(C)O1. The van der Waals surface area contributed by atoms with Crippen molar-refractivity contribution in [3.8, 4) is 0 Å². The number of benzene rings is 1. The zero-order chi connectivity index (χ0) is 18.3. The maximum atomic E-state index is 12.3. The van der Waals surface area contributed by atoms with Gasteiger partial charge in [-0.3, -0.25) is 9.59 Å². The van der Waals surface area contributed by atoms with Gasteiger partial charge in [0.05, 0.1) is 11.2 Å². The predicted molar refractivity (Wildman–Crippen MR) is 94.5 cm³/mol. The van der Waals surface area contributed by atoms with Crippen molar-refractivity contribution in [3.05, 3.63) is 23.8 Å². The summed E-state index contributed by atoms with van der Waals surface area (Å²) < 4.78 is 12.1. The molecule has 6 nitrogen and oxygen atoms in total. The number of hydrogen-bond acceptors (Lipinski definition) is 4. The Labute approximate surface area is 143 Å². The van der Waals surface area contributed by atoms with Crippen molar-refractivity contribution in [1.82, 2.24) is 4.90 Å². The van der Waals surface area contributed by atoms with Crippen molar-refractivity contribution in [3.63, 3.8) is 0 Å². The molecule has 0 aliphatic carbocycles. The normalized spacial score (nSPS) is 18.4. The van der Waals surface area contributed by atoms with Gasteiger partial charge in [0.15, 0.2) is 0 Å². The fourth-order valence-corrected chi connectivity index (χ4v) is 2.42. The first-order valence-electron chi connectivity index (χ1n) is 7.93. The first-order chi connectivity index (χ1) is 10.9. The highest BCUT2D eigenvalue weighted by molar-refractivity contribution is 6.64. The lowest BCUT2D eigenvalue weighted by Crippen LogP contribution is -2.41. The van der Waals surface area contributed by atoms with Gasteiger partial charge >= 0.3 is 7.12 Å². The number of carbonyl (C=O) groups excluding carboxylic acids is 2. The molecule has 0 spiro atoms. The van der Waals surface area contributed by atoms with Crippen molar-refractivity contribution < 1.29 is 18.9 Å². The third kappa shape index (κ3) is 3.47. The van der Waals surface area contributed by atoms with E-state index >= 15 is 0 Å². The van der Waals surface area contributed by atoms with E-state index in [1.165, 1.54) is 11.8 Å². The second kappa shape index (κ2) is 6.22. The van der Waals surface area contributed by atoms with Gasteiger partial charge in [-0.1, -0.05) is 0 Å². The monoisotopic (exact) mass is 332 g/mol. The average Bonchev–Trinajstić information content (AvgIpc) is 2.66. The molecule has 0 radical (unpaired) electrons. The van der Waals surface area contributed by atoms with Gasteiger partial charge in [-0.15, -0.1) is 0 Å². The van der Waals surface area contributed by atoms with E-state index in [1.807, 2.05) is 27.7 Å². The van der Waals surface area contributed by atoms with Crippen molar-refractivity contribution >= 4 is 30.1 Å². The Morgan fingerprint density at radius 2 is 1.62 bits per heavy atom. The lowest BCUT2D eigenvalue weighted by molar-refractivity contribution is -0.114. The summed E-state index contributed by atoms with van der Waals surface area (Å²) in [6, 6.07) is 5.11. The second-order valence-electron chi connectivity index (χ2n) is 7.27. The number of anilines is 1. The van der Waals surface area contributed by atoms with E-state index in [-0.39, 0.29) is 11.8 Å². The summed E-state index contributed by atoms with van der Waals surface area (Å²) in [5.41, 5.74) is 0.714. The van der Waals surface area contributed by atoms with Crippen LogP contribution in [0.1, 0.15) is 45.0 Å². The van der Waals surface area contributed by atoms with Gasteiger partial charge in [0.2, 0.25) is 5.91 Å². The fourth-order valence-electron chi connectivity index (χ4n) is 2.42. The second-order valence-corrected chi connectivity index (χ2v) is 7.27. The summed E-state index contributed by atoms with van der Waals surface area (Å²) in [5, 5.41) is 2.78. The molecule has 0 unspecified atom stereocenters. The molecule has 1 N–H and O–H groups in total. The Kier molecular flexibility index (Phi) is 4.79. The Bertz CT molecular complexity index is 655. The standard InChI is InChI=1S/C17H25BN2O4/c1-11(21)19-14-9-8-12(15(22)20(6)7)10-13(14)18-23-16(2,3)17(4,5)24-18/h8-10H,1-7H3,(H,19,21). The zero-order valence-electron chi connectivity index (χ0n) is 15.4. The van der Waals surface area contributed by atoms with Gasteiger partial charge in [-0.05, 0) is 45.9 Å². The highest BCUT2D eigenvalue weighted by atomic mass is 16.7. The maximum Gasteiger partial charge on any atom is 0.497 e. The van der Waals surface area contributed by atoms with E-state index in [9.17, 15) is 9.59 Å².